The number of nitrogens with zero attached hydrogens (tertiary/aromatic N) is 3. The van der Waals surface area contributed by atoms with Crippen molar-refractivity contribution in [2.75, 3.05) is 20.2 Å². The summed E-state index contributed by atoms with van der Waals surface area (Å²) < 4.78 is 7.25. The predicted octanol–water partition coefficient (Wildman–Crippen LogP) is 3.61. The van der Waals surface area contributed by atoms with Crippen LogP contribution in [0, 0.1) is 13.8 Å². The van der Waals surface area contributed by atoms with Gasteiger partial charge in [0.05, 0.1) is 18.3 Å². The highest BCUT2D eigenvalue weighted by atomic mass is 35.5. The van der Waals surface area contributed by atoms with Gasteiger partial charge >= 0.3 is 11.8 Å². The molecule has 160 valence electrons. The van der Waals surface area contributed by atoms with E-state index in [4.69, 9.17) is 16.3 Å². The van der Waals surface area contributed by atoms with Gasteiger partial charge in [0, 0.05) is 35.7 Å². The zero-order valence-corrected chi connectivity index (χ0v) is 18.3. The summed E-state index contributed by atoms with van der Waals surface area (Å²) in [5, 5.41) is 4.53. The van der Waals surface area contributed by atoms with Crippen molar-refractivity contribution in [3.05, 3.63) is 46.2 Å². The number of rotatable bonds is 4. The van der Waals surface area contributed by atoms with Gasteiger partial charge in [-0.2, -0.15) is 5.10 Å². The maximum absolute atomic E-state index is 12.3. The SMILES string of the molecule is COc1ccc(-n2c(C)cc(/C=N\NC(=O)C(=O)N3CCCCCC3)c2C)cc1Cl. The van der Waals surface area contributed by atoms with E-state index in [2.05, 4.69) is 10.5 Å². The van der Waals surface area contributed by atoms with Gasteiger partial charge in [0.25, 0.3) is 0 Å². The zero-order chi connectivity index (χ0) is 21.7. The van der Waals surface area contributed by atoms with Crippen LogP contribution in [-0.2, 0) is 9.59 Å². The minimum atomic E-state index is -0.705. The number of carbonyl (C=O) groups is 2. The number of hydrogen-bond donors (Lipinski definition) is 1. The van der Waals surface area contributed by atoms with Crippen LogP contribution < -0.4 is 10.2 Å². The van der Waals surface area contributed by atoms with Gasteiger partial charge in [0.1, 0.15) is 5.75 Å². The number of carbonyl (C=O) groups excluding carboxylic acids is 2. The lowest BCUT2D eigenvalue weighted by molar-refractivity contribution is -0.145. The Morgan fingerprint density at radius 2 is 1.83 bits per heavy atom. The lowest BCUT2D eigenvalue weighted by atomic mass is 10.2. The van der Waals surface area contributed by atoms with E-state index in [1.807, 2.05) is 42.7 Å². The molecular weight excluding hydrogens is 404 g/mol. The van der Waals surface area contributed by atoms with Gasteiger partial charge in [0.2, 0.25) is 0 Å². The number of likely N-dealkylation sites (tertiary alicyclic amines) is 1. The Morgan fingerprint density at radius 1 is 1.13 bits per heavy atom. The number of amides is 2. The van der Waals surface area contributed by atoms with Crippen molar-refractivity contribution in [2.24, 2.45) is 5.10 Å². The largest absolute Gasteiger partial charge is 0.495 e. The van der Waals surface area contributed by atoms with Crippen molar-refractivity contribution in [1.29, 1.82) is 0 Å². The predicted molar refractivity (Wildman–Crippen MR) is 118 cm³/mol. The molecule has 2 amide bonds. The summed E-state index contributed by atoms with van der Waals surface area (Å²) in [6.45, 7) is 5.18. The van der Waals surface area contributed by atoms with Crippen LogP contribution in [-0.4, -0.2) is 47.7 Å². The van der Waals surface area contributed by atoms with Crippen LogP contribution in [0.4, 0.5) is 0 Å². The molecule has 2 aromatic rings. The molecular formula is C22H27ClN4O3. The smallest absolute Gasteiger partial charge is 0.329 e. The number of aromatic nitrogens is 1. The molecule has 0 bridgehead atoms. The second kappa shape index (κ2) is 9.80. The molecule has 1 aliphatic rings. The second-order valence-corrected chi connectivity index (χ2v) is 7.79. The van der Waals surface area contributed by atoms with Crippen molar-refractivity contribution in [3.8, 4) is 11.4 Å². The van der Waals surface area contributed by atoms with E-state index >= 15 is 0 Å². The third-order valence-corrected chi connectivity index (χ3v) is 5.62. The number of aryl methyl sites for hydroxylation is 1. The van der Waals surface area contributed by atoms with E-state index in [-0.39, 0.29) is 0 Å². The molecule has 8 heteroatoms. The fourth-order valence-corrected chi connectivity index (χ4v) is 3.99. The Labute approximate surface area is 181 Å². The maximum Gasteiger partial charge on any atom is 0.329 e. The van der Waals surface area contributed by atoms with Crippen molar-refractivity contribution < 1.29 is 14.3 Å². The van der Waals surface area contributed by atoms with E-state index in [1.165, 1.54) is 0 Å². The first-order valence-corrected chi connectivity index (χ1v) is 10.5. The third kappa shape index (κ3) is 4.84. The van der Waals surface area contributed by atoms with Crippen molar-refractivity contribution in [1.82, 2.24) is 14.9 Å². The van der Waals surface area contributed by atoms with Crippen LogP contribution in [0.15, 0.2) is 29.4 Å². The fourth-order valence-electron chi connectivity index (χ4n) is 3.74. The Balaban J connectivity index is 1.70. The number of nitrogens with one attached hydrogen (secondary N) is 1. The summed E-state index contributed by atoms with van der Waals surface area (Å²) in [4.78, 5) is 26.1. The molecule has 0 radical (unpaired) electrons. The Morgan fingerprint density at radius 3 is 2.47 bits per heavy atom. The first kappa shape index (κ1) is 21.9. The maximum atomic E-state index is 12.3. The van der Waals surface area contributed by atoms with Gasteiger partial charge in [-0.1, -0.05) is 24.4 Å². The van der Waals surface area contributed by atoms with Crippen molar-refractivity contribution in [3.63, 3.8) is 0 Å². The first-order chi connectivity index (χ1) is 14.4. The van der Waals surface area contributed by atoms with Crippen molar-refractivity contribution in [2.45, 2.75) is 39.5 Å². The minimum Gasteiger partial charge on any atom is -0.495 e. The molecule has 2 heterocycles. The van der Waals surface area contributed by atoms with E-state index in [0.29, 0.717) is 23.9 Å². The average Bonchev–Trinajstić information content (AvgIpc) is 2.91. The number of benzene rings is 1. The molecule has 0 saturated carbocycles. The lowest BCUT2D eigenvalue weighted by Gasteiger charge is -2.18. The summed E-state index contributed by atoms with van der Waals surface area (Å²) in [7, 11) is 1.58. The van der Waals surface area contributed by atoms with Gasteiger partial charge in [-0.15, -0.1) is 0 Å². The normalized spacial score (nSPS) is 14.6. The molecule has 0 spiro atoms. The summed E-state index contributed by atoms with van der Waals surface area (Å²) >= 11 is 6.27. The highest BCUT2D eigenvalue weighted by molar-refractivity contribution is 6.35. The summed E-state index contributed by atoms with van der Waals surface area (Å²) in [6, 6.07) is 7.54. The molecule has 1 aromatic carbocycles. The van der Waals surface area contributed by atoms with E-state index in [9.17, 15) is 9.59 Å². The summed E-state index contributed by atoms with van der Waals surface area (Å²) in [5.41, 5.74) is 6.02. The van der Waals surface area contributed by atoms with Crippen LogP contribution in [0.3, 0.4) is 0 Å². The Kier molecular flexibility index (Phi) is 7.15. The van der Waals surface area contributed by atoms with Gasteiger partial charge < -0.3 is 14.2 Å². The zero-order valence-electron chi connectivity index (χ0n) is 17.6. The third-order valence-electron chi connectivity index (χ3n) is 5.32. The Hall–Kier alpha value is -2.80. The topological polar surface area (TPSA) is 75.9 Å². The molecule has 1 aliphatic heterocycles. The van der Waals surface area contributed by atoms with Crippen LogP contribution in [0.1, 0.15) is 42.6 Å². The fraction of sp³-hybridized carbons (Fsp3) is 0.409. The minimum absolute atomic E-state index is 0.521. The van der Waals surface area contributed by atoms with E-state index in [1.54, 1.807) is 18.2 Å². The highest BCUT2D eigenvalue weighted by Gasteiger charge is 2.22. The summed E-state index contributed by atoms with van der Waals surface area (Å²) in [6.07, 6.45) is 5.61. The van der Waals surface area contributed by atoms with Gasteiger partial charge in [-0.25, -0.2) is 5.43 Å². The second-order valence-electron chi connectivity index (χ2n) is 7.39. The summed E-state index contributed by atoms with van der Waals surface area (Å²) in [5.74, 6) is -0.613. The van der Waals surface area contributed by atoms with Crippen molar-refractivity contribution >= 4 is 29.6 Å². The molecule has 1 N–H and O–H groups in total. The first-order valence-electron chi connectivity index (χ1n) is 10.1. The molecule has 0 aliphatic carbocycles. The number of ether oxygens (including phenoxy) is 1. The number of methoxy groups -OCH3 is 1. The molecule has 0 atom stereocenters. The number of halogens is 1. The van der Waals surface area contributed by atoms with Gasteiger partial charge in [-0.05, 0) is 51.0 Å². The monoisotopic (exact) mass is 430 g/mol. The van der Waals surface area contributed by atoms with Gasteiger partial charge in [-0.3, -0.25) is 9.59 Å². The standard InChI is InChI=1S/C22H27ClN4O3/c1-15-12-17(16(2)27(15)18-8-9-20(30-3)19(23)13-18)14-24-25-21(28)22(29)26-10-6-4-5-7-11-26/h8-9,12-14H,4-7,10-11H2,1-3H3,(H,25,28)/b24-14-. The number of hydrogen-bond acceptors (Lipinski definition) is 4. The molecule has 30 heavy (non-hydrogen) atoms. The average molecular weight is 431 g/mol. The van der Waals surface area contributed by atoms with Crippen LogP contribution >= 0.6 is 11.6 Å². The molecule has 0 unspecified atom stereocenters. The van der Waals surface area contributed by atoms with Crippen LogP contribution in [0.25, 0.3) is 5.69 Å². The molecule has 1 aromatic heterocycles. The molecule has 1 fully saturated rings. The lowest BCUT2D eigenvalue weighted by Crippen LogP contribution is -2.41. The van der Waals surface area contributed by atoms with Crippen LogP contribution in [0.2, 0.25) is 5.02 Å². The molecule has 1 saturated heterocycles. The van der Waals surface area contributed by atoms with E-state index < -0.39 is 11.8 Å². The van der Waals surface area contributed by atoms with Gasteiger partial charge in [0.15, 0.2) is 0 Å². The quantitative estimate of drug-likeness (QED) is 0.457. The highest BCUT2D eigenvalue weighted by Crippen LogP contribution is 2.28. The molecule has 7 nitrogen and oxygen atoms in total. The van der Waals surface area contributed by atoms with E-state index in [0.717, 1.165) is 48.3 Å². The Bertz CT molecular complexity index is 960. The number of hydrazone groups is 1. The molecule has 3 rings (SSSR count). The van der Waals surface area contributed by atoms with Crippen LogP contribution in [0.5, 0.6) is 5.75 Å².